The van der Waals surface area contributed by atoms with Gasteiger partial charge < -0.3 is 20.7 Å². The predicted octanol–water partition coefficient (Wildman–Crippen LogP) is 3.38. The molecule has 1 aliphatic heterocycles. The summed E-state index contributed by atoms with van der Waals surface area (Å²) in [5.74, 6) is -0.875. The lowest BCUT2D eigenvalue weighted by molar-refractivity contribution is -0.274. The average molecular weight is 476 g/mol. The molecule has 1 atom stereocenters. The molecule has 3 N–H and O–H groups in total. The van der Waals surface area contributed by atoms with Crippen LogP contribution in [0.2, 0.25) is 0 Å². The van der Waals surface area contributed by atoms with Crippen LogP contribution in [-0.4, -0.2) is 51.6 Å². The number of thioether (sulfide) groups is 1. The van der Waals surface area contributed by atoms with Crippen molar-refractivity contribution in [3.05, 3.63) is 24.3 Å². The van der Waals surface area contributed by atoms with E-state index in [1.165, 1.54) is 47.4 Å². The van der Waals surface area contributed by atoms with E-state index in [0.29, 0.717) is 41.1 Å². The van der Waals surface area contributed by atoms with E-state index in [2.05, 4.69) is 20.3 Å². The Morgan fingerprint density at radius 1 is 1.26 bits per heavy atom. The number of nitrogens with zero attached hydrogens (tertiary/aromatic N) is 3. The summed E-state index contributed by atoms with van der Waals surface area (Å²) in [6, 6.07) is 5.23. The van der Waals surface area contributed by atoms with Gasteiger partial charge in [-0.25, -0.2) is 0 Å². The number of likely N-dealkylation sites (tertiary alicyclic amines) is 1. The molecular formula is C18H20F3N5O3S2. The van der Waals surface area contributed by atoms with Crippen LogP contribution in [0, 0.1) is 5.92 Å². The van der Waals surface area contributed by atoms with E-state index in [1.54, 1.807) is 11.8 Å². The summed E-state index contributed by atoms with van der Waals surface area (Å²) >= 11 is 2.49. The normalized spacial score (nSPS) is 16.1. The van der Waals surface area contributed by atoms with Gasteiger partial charge in [0.1, 0.15) is 5.75 Å². The average Bonchev–Trinajstić information content (AvgIpc) is 3.14. The van der Waals surface area contributed by atoms with Crippen molar-refractivity contribution in [2.75, 3.05) is 18.4 Å². The van der Waals surface area contributed by atoms with Gasteiger partial charge in [-0.15, -0.1) is 23.4 Å². The molecule has 2 amide bonds. The Morgan fingerprint density at radius 2 is 1.90 bits per heavy atom. The molecule has 1 aromatic carbocycles. The molecule has 13 heteroatoms. The predicted molar refractivity (Wildman–Crippen MR) is 110 cm³/mol. The number of aromatic nitrogens is 2. The molecule has 1 saturated heterocycles. The summed E-state index contributed by atoms with van der Waals surface area (Å²) in [7, 11) is 0. The first-order valence-electron chi connectivity index (χ1n) is 9.32. The number of benzene rings is 1. The number of carbonyl (C=O) groups is 2. The Morgan fingerprint density at radius 3 is 2.48 bits per heavy atom. The molecule has 0 aliphatic carbocycles. The number of primary amides is 1. The number of anilines is 2. The van der Waals surface area contributed by atoms with Crippen LogP contribution in [0.4, 0.5) is 24.0 Å². The molecule has 0 spiro atoms. The fourth-order valence-corrected chi connectivity index (χ4v) is 5.01. The van der Waals surface area contributed by atoms with Gasteiger partial charge in [-0.3, -0.25) is 9.59 Å². The fraction of sp³-hybridized carbons (Fsp3) is 0.444. The topological polar surface area (TPSA) is 110 Å². The Kier molecular flexibility index (Phi) is 7.26. The maximum Gasteiger partial charge on any atom is 0.573 e. The molecular weight excluding hydrogens is 455 g/mol. The molecule has 0 saturated carbocycles. The van der Waals surface area contributed by atoms with Crippen LogP contribution in [0.3, 0.4) is 0 Å². The second kappa shape index (κ2) is 9.73. The number of amides is 2. The number of rotatable bonds is 7. The number of nitrogens with one attached hydrogen (secondary N) is 1. The highest BCUT2D eigenvalue weighted by Crippen LogP contribution is 2.32. The third kappa shape index (κ3) is 6.72. The smallest absolute Gasteiger partial charge is 0.406 e. The highest BCUT2D eigenvalue weighted by Gasteiger charge is 2.31. The first-order chi connectivity index (χ1) is 14.6. The third-order valence-electron chi connectivity index (χ3n) is 4.58. The van der Waals surface area contributed by atoms with Gasteiger partial charge in [-0.1, -0.05) is 23.1 Å². The van der Waals surface area contributed by atoms with E-state index in [-0.39, 0.29) is 28.7 Å². The molecule has 168 valence electrons. The van der Waals surface area contributed by atoms with Gasteiger partial charge in [0.15, 0.2) is 4.34 Å². The molecule has 2 heterocycles. The summed E-state index contributed by atoms with van der Waals surface area (Å²) in [6.07, 6.45) is -3.61. The van der Waals surface area contributed by atoms with Crippen LogP contribution in [0.15, 0.2) is 28.6 Å². The summed E-state index contributed by atoms with van der Waals surface area (Å²) in [4.78, 5) is 25.6. The molecule has 8 nitrogen and oxygen atoms in total. The number of ether oxygens (including phenoxy) is 1. The van der Waals surface area contributed by atoms with Crippen molar-refractivity contribution >= 4 is 45.7 Å². The van der Waals surface area contributed by atoms with E-state index < -0.39 is 6.36 Å². The number of carbonyl (C=O) groups excluding carboxylic acids is 2. The van der Waals surface area contributed by atoms with Gasteiger partial charge in [-0.05, 0) is 44.0 Å². The fourth-order valence-electron chi connectivity index (χ4n) is 3.01. The van der Waals surface area contributed by atoms with Gasteiger partial charge in [-0.2, -0.15) is 0 Å². The molecule has 0 bridgehead atoms. The van der Waals surface area contributed by atoms with Gasteiger partial charge >= 0.3 is 6.36 Å². The first kappa shape index (κ1) is 23.1. The zero-order chi connectivity index (χ0) is 22.6. The molecule has 31 heavy (non-hydrogen) atoms. The Balaban J connectivity index is 1.51. The number of nitrogens with two attached hydrogens (primary N) is 1. The standard InChI is InChI=1S/C18H20F3N5O3S2/c1-10(15(28)26-8-6-11(7-9-26)14(22)27)30-17-25-24-16(31-17)23-12-2-4-13(5-3-12)29-18(19,20)21/h2-5,10-11H,6-9H2,1H3,(H2,22,27)(H,23,24). The van der Waals surface area contributed by atoms with E-state index in [4.69, 9.17) is 5.73 Å². The summed E-state index contributed by atoms with van der Waals surface area (Å²) in [6.45, 7) is 2.77. The van der Waals surface area contributed by atoms with E-state index in [9.17, 15) is 22.8 Å². The number of hydrogen-bond acceptors (Lipinski definition) is 8. The first-order valence-corrected chi connectivity index (χ1v) is 11.0. The van der Waals surface area contributed by atoms with Crippen LogP contribution in [-0.2, 0) is 9.59 Å². The maximum atomic E-state index is 12.6. The van der Waals surface area contributed by atoms with Crippen LogP contribution >= 0.6 is 23.1 Å². The van der Waals surface area contributed by atoms with Crippen LogP contribution in [0.25, 0.3) is 0 Å². The van der Waals surface area contributed by atoms with Crippen molar-refractivity contribution in [2.45, 2.75) is 35.7 Å². The molecule has 3 rings (SSSR count). The zero-order valence-electron chi connectivity index (χ0n) is 16.4. The van der Waals surface area contributed by atoms with E-state index >= 15 is 0 Å². The van der Waals surface area contributed by atoms with Crippen LogP contribution in [0.5, 0.6) is 5.75 Å². The monoisotopic (exact) mass is 475 g/mol. The lowest BCUT2D eigenvalue weighted by Crippen LogP contribution is -2.44. The maximum absolute atomic E-state index is 12.6. The molecule has 2 aromatic rings. The Hall–Kier alpha value is -2.54. The largest absolute Gasteiger partial charge is 0.573 e. The van der Waals surface area contributed by atoms with Crippen LogP contribution < -0.4 is 15.8 Å². The minimum absolute atomic E-state index is 0.0436. The SMILES string of the molecule is CC(Sc1nnc(Nc2ccc(OC(F)(F)F)cc2)s1)C(=O)N1CCC(C(N)=O)CC1. The third-order valence-corrected chi connectivity index (χ3v) is 6.59. The zero-order valence-corrected chi connectivity index (χ0v) is 18.0. The summed E-state index contributed by atoms with van der Waals surface area (Å²) < 4.78 is 41.1. The van der Waals surface area contributed by atoms with Gasteiger partial charge in [0, 0.05) is 24.7 Å². The van der Waals surface area contributed by atoms with Crippen molar-refractivity contribution in [1.82, 2.24) is 15.1 Å². The summed E-state index contributed by atoms with van der Waals surface area (Å²) in [5.41, 5.74) is 5.84. The van der Waals surface area contributed by atoms with Gasteiger partial charge in [0.2, 0.25) is 16.9 Å². The van der Waals surface area contributed by atoms with Gasteiger partial charge in [0.05, 0.1) is 5.25 Å². The minimum atomic E-state index is -4.74. The van der Waals surface area contributed by atoms with Crippen molar-refractivity contribution < 1.29 is 27.5 Å². The highest BCUT2D eigenvalue weighted by molar-refractivity contribution is 8.02. The van der Waals surface area contributed by atoms with Crippen molar-refractivity contribution in [2.24, 2.45) is 11.7 Å². The number of hydrogen-bond donors (Lipinski definition) is 2. The summed E-state index contributed by atoms with van der Waals surface area (Å²) in [5, 5.41) is 11.0. The van der Waals surface area contributed by atoms with Crippen molar-refractivity contribution in [1.29, 1.82) is 0 Å². The van der Waals surface area contributed by atoms with Crippen LogP contribution in [0.1, 0.15) is 19.8 Å². The quantitative estimate of drug-likeness (QED) is 0.591. The van der Waals surface area contributed by atoms with Crippen molar-refractivity contribution in [3.63, 3.8) is 0 Å². The van der Waals surface area contributed by atoms with Crippen molar-refractivity contribution in [3.8, 4) is 5.75 Å². The Labute approximate surface area is 184 Å². The lowest BCUT2D eigenvalue weighted by atomic mass is 9.96. The molecule has 0 radical (unpaired) electrons. The molecule has 1 fully saturated rings. The minimum Gasteiger partial charge on any atom is -0.406 e. The second-order valence-electron chi connectivity index (χ2n) is 6.83. The van der Waals surface area contributed by atoms with E-state index in [1.807, 2.05) is 0 Å². The second-order valence-corrected chi connectivity index (χ2v) is 9.40. The molecule has 1 unspecified atom stereocenters. The highest BCUT2D eigenvalue weighted by atomic mass is 32.2. The lowest BCUT2D eigenvalue weighted by Gasteiger charge is -2.32. The number of piperidine rings is 1. The molecule has 1 aromatic heterocycles. The number of halogens is 3. The molecule has 1 aliphatic rings. The Bertz CT molecular complexity index is 915. The number of alkyl halides is 3. The van der Waals surface area contributed by atoms with Gasteiger partial charge in [0.25, 0.3) is 0 Å². The van der Waals surface area contributed by atoms with E-state index in [0.717, 1.165) is 0 Å².